The highest BCUT2D eigenvalue weighted by molar-refractivity contribution is 7.61. The lowest BCUT2D eigenvalue weighted by atomic mass is 10.00. The Labute approximate surface area is 257 Å². The van der Waals surface area contributed by atoms with Crippen molar-refractivity contribution in [3.05, 3.63) is 40.2 Å². The number of anilines is 1. The average molecular weight is 695 g/mol. The molecule has 2 aliphatic heterocycles. The molecule has 2 aliphatic rings. The molecule has 21 nitrogen and oxygen atoms in total. The molecule has 0 radical (unpaired) electrons. The number of phosphoric acid groups is 2. The normalized spacial score (nSPS) is 32.8. The molecule has 2 aromatic heterocycles. The molecular weight excluding hydrogens is 664 g/mol. The third-order valence-corrected chi connectivity index (χ3v) is 9.76. The van der Waals surface area contributed by atoms with Crippen LogP contribution < -0.4 is 11.3 Å². The van der Waals surface area contributed by atoms with Crippen LogP contribution in [0.5, 0.6) is 0 Å². The monoisotopic (exact) mass is 695 g/mol. The maximum Gasteiger partial charge on any atom is 0.483 e. The van der Waals surface area contributed by atoms with E-state index in [4.69, 9.17) is 19.7 Å². The van der Waals surface area contributed by atoms with Crippen LogP contribution in [0.4, 0.5) is 5.95 Å². The van der Waals surface area contributed by atoms with Gasteiger partial charge in [-0.05, 0) is 6.92 Å². The van der Waals surface area contributed by atoms with Gasteiger partial charge in [-0.2, -0.15) is 9.29 Å². The Balaban J connectivity index is 1.33. The number of nitrogens with zero attached hydrogens (tertiary/aromatic N) is 3. The van der Waals surface area contributed by atoms with Gasteiger partial charge in [-0.1, -0.05) is 29.8 Å². The highest BCUT2D eigenvalue weighted by atomic mass is 31.3. The van der Waals surface area contributed by atoms with Crippen molar-refractivity contribution < 1.29 is 72.4 Å². The van der Waals surface area contributed by atoms with E-state index in [1.165, 1.54) is 4.57 Å². The van der Waals surface area contributed by atoms with E-state index in [1.807, 2.05) is 6.92 Å². The standard InChI is InChI=1S/C23H31N5O16P2/c1-8-2-4-9(5-3-8)18-25-12-19(26-23(24)27-20(12)35)28(18)21-16(33)14(31)11(41-21)7-40-45(36,37)44-46(38,39)43-22-17(34)15(32)13(30)10(6-29)42-22/h2-5,10-11,13-17,21-22,29-34H,6-7H2,1H3,(H,36,37)(H,38,39)(H3,24,26,27,35)/t10-,11-,13-,14-,15+,16-,17+,21-,22-/m1/s1. The van der Waals surface area contributed by atoms with E-state index in [0.717, 1.165) is 5.56 Å². The number of nitrogen functional groups attached to an aromatic ring is 1. The van der Waals surface area contributed by atoms with E-state index in [9.17, 15) is 54.4 Å². The predicted molar refractivity (Wildman–Crippen MR) is 150 cm³/mol. The van der Waals surface area contributed by atoms with Gasteiger partial charge < -0.3 is 55.6 Å². The number of aliphatic hydroxyl groups excluding tert-OH is 6. The summed E-state index contributed by atoms with van der Waals surface area (Å²) in [6, 6.07) is 6.84. The lowest BCUT2D eigenvalue weighted by Gasteiger charge is -2.39. The zero-order valence-electron chi connectivity index (χ0n) is 23.6. The van der Waals surface area contributed by atoms with Gasteiger partial charge in [0.2, 0.25) is 5.95 Å². The molecule has 2 fully saturated rings. The minimum absolute atomic E-state index is 0.0825. The Morgan fingerprint density at radius 3 is 2.24 bits per heavy atom. The molecule has 0 aliphatic carbocycles. The Kier molecular flexibility index (Phi) is 9.85. The molecule has 3 aromatic rings. The summed E-state index contributed by atoms with van der Waals surface area (Å²) in [4.78, 5) is 43.5. The van der Waals surface area contributed by atoms with Crippen LogP contribution in [0.15, 0.2) is 29.1 Å². The maximum atomic E-state index is 12.6. The zero-order chi connectivity index (χ0) is 33.7. The number of aliphatic hydroxyl groups is 6. The van der Waals surface area contributed by atoms with Crippen LogP contribution in [0.2, 0.25) is 0 Å². The Morgan fingerprint density at radius 2 is 1.59 bits per heavy atom. The smallest absolute Gasteiger partial charge is 0.394 e. The van der Waals surface area contributed by atoms with Crippen molar-refractivity contribution in [3.63, 3.8) is 0 Å². The number of H-pyrrole nitrogens is 1. The second-order valence-corrected chi connectivity index (χ2v) is 13.5. The van der Waals surface area contributed by atoms with Gasteiger partial charge in [0, 0.05) is 5.56 Å². The topological polar surface area (TPSA) is 332 Å². The third-order valence-electron chi connectivity index (χ3n) is 7.16. The molecule has 2 unspecified atom stereocenters. The highest BCUT2D eigenvalue weighted by Crippen LogP contribution is 2.61. The van der Waals surface area contributed by atoms with Gasteiger partial charge >= 0.3 is 15.6 Å². The lowest BCUT2D eigenvalue weighted by molar-refractivity contribution is -0.280. The molecule has 254 valence electrons. The summed E-state index contributed by atoms with van der Waals surface area (Å²) < 4.78 is 50.3. The fourth-order valence-electron chi connectivity index (χ4n) is 4.85. The van der Waals surface area contributed by atoms with E-state index in [0.29, 0.717) is 5.56 Å². The molecule has 0 spiro atoms. The molecule has 2 saturated heterocycles. The van der Waals surface area contributed by atoms with E-state index in [2.05, 4.69) is 23.8 Å². The SMILES string of the molecule is Cc1ccc(-c2nc3c(=O)[nH]c(N)nc3n2[C@@H]2O[C@H](COP(=O)(O)OP(=O)(O)O[C@H]3O[C@H](CO)[C@@H](O)[C@H](O)[C@@H]3O)[C@@H](O)[C@H]2O)cc1. The summed E-state index contributed by atoms with van der Waals surface area (Å²) in [5.74, 6) is -0.209. The Hall–Kier alpha value is -2.69. The van der Waals surface area contributed by atoms with Crippen molar-refractivity contribution in [2.45, 2.75) is 62.2 Å². The number of ether oxygens (including phenoxy) is 2. The number of aromatic amines is 1. The second-order valence-electron chi connectivity index (χ2n) is 10.5. The van der Waals surface area contributed by atoms with Crippen molar-refractivity contribution in [1.29, 1.82) is 0 Å². The van der Waals surface area contributed by atoms with E-state index in [-0.39, 0.29) is 22.9 Å². The second kappa shape index (κ2) is 13.1. The number of hydrogen-bond acceptors (Lipinski definition) is 17. The third kappa shape index (κ3) is 6.95. The van der Waals surface area contributed by atoms with E-state index >= 15 is 0 Å². The first-order valence-electron chi connectivity index (χ1n) is 13.4. The number of hydrogen-bond donors (Lipinski definition) is 10. The molecule has 5 rings (SSSR count). The van der Waals surface area contributed by atoms with Crippen LogP contribution in [0.3, 0.4) is 0 Å². The first-order chi connectivity index (χ1) is 21.5. The van der Waals surface area contributed by atoms with Crippen molar-refractivity contribution >= 4 is 32.8 Å². The van der Waals surface area contributed by atoms with Crippen molar-refractivity contribution in [2.75, 3.05) is 18.9 Å². The van der Waals surface area contributed by atoms with Crippen LogP contribution in [0.25, 0.3) is 22.6 Å². The van der Waals surface area contributed by atoms with Gasteiger partial charge in [0.05, 0.1) is 13.2 Å². The summed E-state index contributed by atoms with van der Waals surface area (Å²) >= 11 is 0. The largest absolute Gasteiger partial charge is 0.483 e. The van der Waals surface area contributed by atoms with Gasteiger partial charge in [0.15, 0.2) is 23.7 Å². The maximum absolute atomic E-state index is 12.6. The lowest BCUT2D eigenvalue weighted by Crippen LogP contribution is -2.58. The van der Waals surface area contributed by atoms with Crippen LogP contribution >= 0.6 is 15.6 Å². The minimum Gasteiger partial charge on any atom is -0.394 e. The average Bonchev–Trinajstić information content (AvgIpc) is 3.48. The number of phosphoric ester groups is 2. The number of aromatic nitrogens is 4. The summed E-state index contributed by atoms with van der Waals surface area (Å²) in [6.45, 7) is -0.0860. The van der Waals surface area contributed by atoms with Crippen molar-refractivity contribution in [2.24, 2.45) is 0 Å². The van der Waals surface area contributed by atoms with Gasteiger partial charge in [0.1, 0.15) is 48.6 Å². The highest BCUT2D eigenvalue weighted by Gasteiger charge is 2.50. The van der Waals surface area contributed by atoms with E-state index < -0.39 is 89.7 Å². The molecule has 23 heteroatoms. The number of aryl methyl sites for hydroxylation is 1. The number of fused-ring (bicyclic) bond motifs is 1. The molecule has 46 heavy (non-hydrogen) atoms. The van der Waals surface area contributed by atoms with Gasteiger partial charge in [-0.15, -0.1) is 0 Å². The fraction of sp³-hybridized carbons (Fsp3) is 0.522. The summed E-state index contributed by atoms with van der Waals surface area (Å²) in [5.41, 5.74) is 6.07. The van der Waals surface area contributed by atoms with Crippen LogP contribution in [0.1, 0.15) is 11.8 Å². The molecule has 11 N–H and O–H groups in total. The number of imidazole rings is 1. The first-order valence-corrected chi connectivity index (χ1v) is 16.4. The number of rotatable bonds is 10. The van der Waals surface area contributed by atoms with Crippen LogP contribution in [-0.4, -0.2) is 122 Å². The molecule has 0 bridgehead atoms. The van der Waals surface area contributed by atoms with E-state index in [1.54, 1.807) is 24.3 Å². The molecule has 11 atom stereocenters. The summed E-state index contributed by atoms with van der Waals surface area (Å²) in [6.07, 6.45) is -16.4. The van der Waals surface area contributed by atoms with Gasteiger partial charge in [-0.3, -0.25) is 23.4 Å². The molecule has 1 aromatic carbocycles. The minimum atomic E-state index is -5.64. The zero-order valence-corrected chi connectivity index (χ0v) is 25.4. The molecule has 4 heterocycles. The van der Waals surface area contributed by atoms with Crippen molar-refractivity contribution in [3.8, 4) is 11.4 Å². The first kappa shape index (κ1) is 34.6. The van der Waals surface area contributed by atoms with Crippen molar-refractivity contribution in [1.82, 2.24) is 19.5 Å². The van der Waals surface area contributed by atoms with Crippen LogP contribution in [-0.2, 0) is 32.0 Å². The Morgan fingerprint density at radius 1 is 0.935 bits per heavy atom. The number of nitrogens with one attached hydrogen (secondary N) is 1. The molecular formula is C23H31N5O16P2. The number of nitrogens with two attached hydrogens (primary N) is 1. The summed E-state index contributed by atoms with van der Waals surface area (Å²) in [5, 5.41) is 60.5. The Bertz CT molecular complexity index is 1720. The predicted octanol–water partition coefficient (Wildman–Crippen LogP) is -2.65. The fourth-order valence-corrected chi connectivity index (χ4v) is 7.01. The number of benzene rings is 1. The van der Waals surface area contributed by atoms with Gasteiger partial charge in [-0.25, -0.2) is 14.1 Å². The summed E-state index contributed by atoms with van der Waals surface area (Å²) in [7, 11) is -11.2. The molecule has 0 saturated carbocycles. The van der Waals surface area contributed by atoms with Gasteiger partial charge in [0.25, 0.3) is 5.56 Å². The van der Waals surface area contributed by atoms with Crippen LogP contribution in [0, 0.1) is 6.92 Å². The molecule has 0 amide bonds. The quantitative estimate of drug-likeness (QED) is 0.0968.